The molecule has 0 radical (unpaired) electrons. The van der Waals surface area contributed by atoms with E-state index in [9.17, 15) is 14.4 Å². The zero-order valence-electron chi connectivity index (χ0n) is 17.1. The first-order valence-electron chi connectivity index (χ1n) is 9.85. The second kappa shape index (κ2) is 9.21. The molecule has 0 aliphatic heterocycles. The molecule has 2 rings (SSSR count). The Morgan fingerprint density at radius 1 is 1.17 bits per heavy atom. The summed E-state index contributed by atoms with van der Waals surface area (Å²) >= 11 is 0. The van der Waals surface area contributed by atoms with E-state index in [4.69, 9.17) is 16.6 Å². The van der Waals surface area contributed by atoms with Gasteiger partial charge in [-0.3, -0.25) is 14.6 Å². The summed E-state index contributed by atoms with van der Waals surface area (Å²) in [7, 11) is 0. The predicted molar refractivity (Wildman–Crippen MR) is 110 cm³/mol. The minimum Gasteiger partial charge on any atom is -0.478 e. The first kappa shape index (κ1) is 22.6. The molecule has 160 valence electrons. The maximum atomic E-state index is 12.6. The van der Waals surface area contributed by atoms with Crippen LogP contribution in [-0.2, 0) is 9.59 Å². The van der Waals surface area contributed by atoms with Crippen molar-refractivity contribution in [2.24, 2.45) is 11.1 Å². The van der Waals surface area contributed by atoms with E-state index < -0.39 is 17.4 Å². The van der Waals surface area contributed by atoms with Crippen LogP contribution in [0.3, 0.4) is 0 Å². The molecule has 1 saturated carbocycles. The van der Waals surface area contributed by atoms with Gasteiger partial charge in [0.2, 0.25) is 11.8 Å². The van der Waals surface area contributed by atoms with Crippen LogP contribution >= 0.6 is 0 Å². The normalized spacial score (nSPS) is 16.1. The predicted octanol–water partition coefficient (Wildman–Crippen LogP) is 1.88. The molecule has 1 aromatic heterocycles. The number of carboxylic acid groups (broad SMARTS) is 1. The van der Waals surface area contributed by atoms with E-state index in [1.807, 2.05) is 0 Å². The van der Waals surface area contributed by atoms with E-state index >= 15 is 0 Å². The molecule has 2 amide bonds. The SMILES string of the molecule is CC(C)(CC(=O)Nc1cncc(C(=O)O)c1N)NC(=O)CC1(CN)CCCCC1. The van der Waals surface area contributed by atoms with E-state index in [1.54, 1.807) is 13.8 Å². The number of hydrogen-bond acceptors (Lipinski definition) is 6. The van der Waals surface area contributed by atoms with E-state index in [0.717, 1.165) is 31.9 Å². The number of hydrogen-bond donors (Lipinski definition) is 5. The van der Waals surface area contributed by atoms with Crippen LogP contribution in [0.4, 0.5) is 11.4 Å². The topological polar surface area (TPSA) is 160 Å². The van der Waals surface area contributed by atoms with Crippen LogP contribution in [-0.4, -0.2) is 40.0 Å². The summed E-state index contributed by atoms with van der Waals surface area (Å²) in [6.45, 7) is 4.00. The fourth-order valence-corrected chi connectivity index (χ4v) is 3.90. The van der Waals surface area contributed by atoms with Gasteiger partial charge in [0.25, 0.3) is 0 Å². The number of nitrogens with one attached hydrogen (secondary N) is 2. The van der Waals surface area contributed by atoms with E-state index in [0.29, 0.717) is 13.0 Å². The van der Waals surface area contributed by atoms with E-state index in [1.165, 1.54) is 12.6 Å². The molecule has 0 aromatic carbocycles. The Bertz CT molecular complexity index is 772. The minimum absolute atomic E-state index is 0.00883. The lowest BCUT2D eigenvalue weighted by Gasteiger charge is -2.37. The van der Waals surface area contributed by atoms with Crippen molar-refractivity contribution in [1.82, 2.24) is 10.3 Å². The third-order valence-corrected chi connectivity index (χ3v) is 5.46. The number of carbonyl (C=O) groups excluding carboxylic acids is 2. The Kier molecular flexibility index (Phi) is 7.18. The summed E-state index contributed by atoms with van der Waals surface area (Å²) in [5.74, 6) is -1.75. The molecule has 7 N–H and O–H groups in total. The number of rotatable bonds is 8. The van der Waals surface area contributed by atoms with Crippen molar-refractivity contribution in [2.45, 2.75) is 64.3 Å². The number of aromatic carboxylic acids is 1. The number of aromatic nitrogens is 1. The summed E-state index contributed by atoms with van der Waals surface area (Å²) < 4.78 is 0. The second-order valence-corrected chi connectivity index (χ2v) is 8.55. The summed E-state index contributed by atoms with van der Waals surface area (Å²) in [6.07, 6.45) is 8.00. The van der Waals surface area contributed by atoms with Gasteiger partial charge in [-0.05, 0) is 38.6 Å². The Labute approximate surface area is 170 Å². The zero-order chi connectivity index (χ0) is 21.7. The van der Waals surface area contributed by atoms with Gasteiger partial charge in [0.15, 0.2) is 0 Å². The third kappa shape index (κ3) is 6.15. The first-order valence-corrected chi connectivity index (χ1v) is 9.85. The average molecular weight is 405 g/mol. The van der Waals surface area contributed by atoms with Gasteiger partial charge in [-0.25, -0.2) is 4.79 Å². The molecule has 0 saturated heterocycles. The number of amides is 2. The number of nitrogens with zero attached hydrogens (tertiary/aromatic N) is 1. The standard InChI is InChI=1S/C20H31N5O4/c1-19(2,25-16(27)9-20(12-21)6-4-3-5-7-20)8-15(26)24-14-11-23-10-13(17(14)22)18(28)29/h10-11H,3-9,12,21H2,1-2H3,(H2,22,23)(H,24,26)(H,25,27)(H,28,29). The molecule has 9 nitrogen and oxygen atoms in total. The van der Waals surface area contributed by atoms with Crippen LogP contribution in [0.25, 0.3) is 0 Å². The fraction of sp³-hybridized carbons (Fsp3) is 0.600. The van der Waals surface area contributed by atoms with Crippen LogP contribution in [0.2, 0.25) is 0 Å². The van der Waals surface area contributed by atoms with Crippen LogP contribution in [0.15, 0.2) is 12.4 Å². The summed E-state index contributed by atoms with van der Waals surface area (Å²) in [4.78, 5) is 40.0. The first-order chi connectivity index (χ1) is 13.6. The quantitative estimate of drug-likeness (QED) is 0.441. The molecule has 0 spiro atoms. The van der Waals surface area contributed by atoms with Crippen molar-refractivity contribution < 1.29 is 19.5 Å². The highest BCUT2D eigenvalue weighted by atomic mass is 16.4. The number of anilines is 2. The second-order valence-electron chi connectivity index (χ2n) is 8.55. The van der Waals surface area contributed by atoms with Gasteiger partial charge in [-0.15, -0.1) is 0 Å². The molecule has 9 heteroatoms. The summed E-state index contributed by atoms with van der Waals surface area (Å²) in [5, 5.41) is 14.6. The van der Waals surface area contributed by atoms with Gasteiger partial charge in [-0.2, -0.15) is 0 Å². The van der Waals surface area contributed by atoms with Crippen LogP contribution in [0.1, 0.15) is 69.2 Å². The van der Waals surface area contributed by atoms with Gasteiger partial charge in [0, 0.05) is 24.6 Å². The molecule has 1 aliphatic carbocycles. The van der Waals surface area contributed by atoms with Gasteiger partial charge in [0.1, 0.15) is 5.56 Å². The molecular weight excluding hydrogens is 374 g/mol. The lowest BCUT2D eigenvalue weighted by Crippen LogP contribution is -2.48. The Balaban J connectivity index is 1.96. The smallest absolute Gasteiger partial charge is 0.339 e. The van der Waals surface area contributed by atoms with Gasteiger partial charge >= 0.3 is 5.97 Å². The molecule has 0 bridgehead atoms. The van der Waals surface area contributed by atoms with Crippen LogP contribution < -0.4 is 22.1 Å². The number of carbonyl (C=O) groups is 3. The molecule has 1 heterocycles. The van der Waals surface area contributed by atoms with Crippen molar-refractivity contribution in [3.8, 4) is 0 Å². The van der Waals surface area contributed by atoms with Crippen LogP contribution in [0.5, 0.6) is 0 Å². The molecule has 1 fully saturated rings. The minimum atomic E-state index is -1.23. The number of nitrogen functional groups attached to an aromatic ring is 1. The highest BCUT2D eigenvalue weighted by Gasteiger charge is 2.34. The van der Waals surface area contributed by atoms with Crippen molar-refractivity contribution in [2.75, 3.05) is 17.6 Å². The zero-order valence-corrected chi connectivity index (χ0v) is 17.1. The largest absolute Gasteiger partial charge is 0.478 e. The average Bonchev–Trinajstić information content (AvgIpc) is 2.62. The number of nitrogens with two attached hydrogens (primary N) is 2. The molecule has 1 aliphatic rings. The molecule has 1 aromatic rings. The molecule has 0 atom stereocenters. The Hall–Kier alpha value is -2.68. The van der Waals surface area contributed by atoms with Crippen molar-refractivity contribution in [3.63, 3.8) is 0 Å². The summed E-state index contributed by atoms with van der Waals surface area (Å²) in [6, 6.07) is 0. The highest BCUT2D eigenvalue weighted by Crippen LogP contribution is 2.38. The van der Waals surface area contributed by atoms with Crippen molar-refractivity contribution >= 4 is 29.2 Å². The monoisotopic (exact) mass is 405 g/mol. The van der Waals surface area contributed by atoms with Crippen molar-refractivity contribution in [1.29, 1.82) is 0 Å². The number of carboxylic acids is 1. The van der Waals surface area contributed by atoms with E-state index in [-0.39, 0.29) is 34.7 Å². The van der Waals surface area contributed by atoms with Gasteiger partial charge < -0.3 is 27.2 Å². The van der Waals surface area contributed by atoms with Crippen LogP contribution in [0, 0.1) is 5.41 Å². The molecule has 0 unspecified atom stereocenters. The third-order valence-electron chi connectivity index (χ3n) is 5.46. The molecular formula is C20H31N5O4. The summed E-state index contributed by atoms with van der Waals surface area (Å²) in [5.41, 5.74) is 10.7. The Morgan fingerprint density at radius 2 is 1.83 bits per heavy atom. The van der Waals surface area contributed by atoms with E-state index in [2.05, 4.69) is 15.6 Å². The lowest BCUT2D eigenvalue weighted by atomic mass is 9.71. The fourth-order valence-electron chi connectivity index (χ4n) is 3.90. The molecule has 29 heavy (non-hydrogen) atoms. The Morgan fingerprint density at radius 3 is 2.41 bits per heavy atom. The van der Waals surface area contributed by atoms with Gasteiger partial charge in [-0.1, -0.05) is 19.3 Å². The maximum absolute atomic E-state index is 12.6. The highest BCUT2D eigenvalue weighted by molar-refractivity contribution is 6.01. The van der Waals surface area contributed by atoms with Gasteiger partial charge in [0.05, 0.1) is 17.6 Å². The maximum Gasteiger partial charge on any atom is 0.339 e. The number of pyridine rings is 1. The lowest BCUT2D eigenvalue weighted by molar-refractivity contribution is -0.126. The van der Waals surface area contributed by atoms with Crippen molar-refractivity contribution in [3.05, 3.63) is 18.0 Å².